The van der Waals surface area contributed by atoms with Crippen LogP contribution < -0.4 is 5.56 Å². The molecule has 0 radical (unpaired) electrons. The van der Waals surface area contributed by atoms with Crippen molar-refractivity contribution in [1.29, 1.82) is 0 Å². The van der Waals surface area contributed by atoms with E-state index in [1.54, 1.807) is 0 Å². The summed E-state index contributed by atoms with van der Waals surface area (Å²) < 4.78 is 1.47. The van der Waals surface area contributed by atoms with E-state index < -0.39 is 0 Å². The first-order valence-electron chi connectivity index (χ1n) is 11.0. The molecule has 0 spiro atoms. The summed E-state index contributed by atoms with van der Waals surface area (Å²) in [4.78, 5) is 33.1. The highest BCUT2D eigenvalue weighted by atomic mass is 32.1. The normalized spacial score (nSPS) is 13.4. The molecule has 2 aromatic heterocycles. The molecular weight excluding hydrogens is 394 g/mol. The van der Waals surface area contributed by atoms with Crippen LogP contribution in [0, 0.1) is 0 Å². The number of thiophene rings is 1. The Hall–Kier alpha value is -2.47. The molecule has 0 N–H and O–H groups in total. The van der Waals surface area contributed by atoms with Gasteiger partial charge in [0.25, 0.3) is 5.56 Å². The highest BCUT2D eigenvalue weighted by Crippen LogP contribution is 2.33. The second kappa shape index (κ2) is 9.13. The van der Waals surface area contributed by atoms with Gasteiger partial charge in [-0.25, -0.2) is 4.98 Å². The van der Waals surface area contributed by atoms with E-state index in [1.165, 1.54) is 46.2 Å². The van der Waals surface area contributed by atoms with Crippen LogP contribution in [-0.2, 0) is 24.2 Å². The second-order valence-corrected chi connectivity index (χ2v) is 8.94. The first-order valence-corrected chi connectivity index (χ1v) is 11.9. The monoisotopic (exact) mass is 423 g/mol. The standard InChI is InChI=1S/C24H29N3O2S/c1-3-11-26(12-4-2)21(28)14-27-16-25-23-22(24(27)29)20(15-30-23)19-10-9-17-7-5-6-8-18(17)13-19/h9-10,13,15-16H,3-8,11-12,14H2,1-2H3. The summed E-state index contributed by atoms with van der Waals surface area (Å²) in [6.07, 6.45) is 8.06. The number of carbonyl (C=O) groups excluding carboxylic acids is 1. The Morgan fingerprint density at radius 1 is 1.13 bits per heavy atom. The molecule has 0 aliphatic heterocycles. The van der Waals surface area contributed by atoms with Crippen LogP contribution in [0.3, 0.4) is 0 Å². The van der Waals surface area contributed by atoms with Crippen molar-refractivity contribution in [2.24, 2.45) is 0 Å². The lowest BCUT2D eigenvalue weighted by atomic mass is 9.89. The molecule has 2 heterocycles. The predicted molar refractivity (Wildman–Crippen MR) is 123 cm³/mol. The van der Waals surface area contributed by atoms with Gasteiger partial charge in [0.1, 0.15) is 11.4 Å². The van der Waals surface area contributed by atoms with Gasteiger partial charge in [-0.1, -0.05) is 32.0 Å². The van der Waals surface area contributed by atoms with Crippen LogP contribution in [0.5, 0.6) is 0 Å². The zero-order chi connectivity index (χ0) is 21.1. The summed E-state index contributed by atoms with van der Waals surface area (Å²) in [5.41, 5.74) is 4.70. The van der Waals surface area contributed by atoms with Crippen molar-refractivity contribution in [2.45, 2.75) is 58.9 Å². The maximum atomic E-state index is 13.3. The minimum absolute atomic E-state index is 0.0208. The average Bonchev–Trinajstić information content (AvgIpc) is 3.20. The number of hydrogen-bond donors (Lipinski definition) is 0. The maximum Gasteiger partial charge on any atom is 0.263 e. The van der Waals surface area contributed by atoms with E-state index in [-0.39, 0.29) is 18.0 Å². The molecule has 158 valence electrons. The van der Waals surface area contributed by atoms with Crippen molar-refractivity contribution in [3.05, 3.63) is 51.4 Å². The first-order chi connectivity index (χ1) is 14.6. The van der Waals surface area contributed by atoms with E-state index in [4.69, 9.17) is 0 Å². The molecule has 1 amide bonds. The van der Waals surface area contributed by atoms with Gasteiger partial charge in [0.05, 0.1) is 11.7 Å². The third kappa shape index (κ3) is 4.06. The highest BCUT2D eigenvalue weighted by molar-refractivity contribution is 7.17. The molecule has 0 unspecified atom stereocenters. The molecule has 4 rings (SSSR count). The lowest BCUT2D eigenvalue weighted by molar-refractivity contribution is -0.132. The van der Waals surface area contributed by atoms with Crippen LogP contribution in [0.2, 0.25) is 0 Å². The number of benzene rings is 1. The van der Waals surface area contributed by atoms with Crippen LogP contribution >= 0.6 is 11.3 Å². The fraction of sp³-hybridized carbons (Fsp3) is 0.458. The van der Waals surface area contributed by atoms with Crippen LogP contribution in [0.1, 0.15) is 50.7 Å². The van der Waals surface area contributed by atoms with Gasteiger partial charge in [0.2, 0.25) is 5.91 Å². The molecule has 30 heavy (non-hydrogen) atoms. The lowest BCUT2D eigenvalue weighted by Gasteiger charge is -2.21. The number of aromatic nitrogens is 2. The van der Waals surface area contributed by atoms with Crippen LogP contribution in [0.15, 0.2) is 34.7 Å². The number of hydrogen-bond acceptors (Lipinski definition) is 4. The zero-order valence-corrected chi connectivity index (χ0v) is 18.6. The van der Waals surface area contributed by atoms with E-state index in [0.29, 0.717) is 5.39 Å². The molecule has 6 heteroatoms. The van der Waals surface area contributed by atoms with Gasteiger partial charge in [0, 0.05) is 24.0 Å². The number of carbonyl (C=O) groups is 1. The average molecular weight is 424 g/mol. The molecule has 3 aromatic rings. The van der Waals surface area contributed by atoms with Crippen molar-refractivity contribution in [3.8, 4) is 11.1 Å². The summed E-state index contributed by atoms with van der Waals surface area (Å²) in [5, 5.41) is 2.65. The summed E-state index contributed by atoms with van der Waals surface area (Å²) in [6, 6.07) is 6.57. The molecule has 0 atom stereocenters. The number of amides is 1. The van der Waals surface area contributed by atoms with E-state index in [2.05, 4.69) is 37.0 Å². The van der Waals surface area contributed by atoms with Crippen LogP contribution in [-0.4, -0.2) is 33.4 Å². The van der Waals surface area contributed by atoms with Crippen molar-refractivity contribution >= 4 is 27.5 Å². The Labute approximate surface area is 181 Å². The summed E-state index contributed by atoms with van der Waals surface area (Å²) in [6.45, 7) is 5.60. The van der Waals surface area contributed by atoms with Crippen LogP contribution in [0.25, 0.3) is 21.3 Å². The molecule has 0 bridgehead atoms. The Kier molecular flexibility index (Phi) is 6.32. The van der Waals surface area contributed by atoms with Crippen molar-refractivity contribution in [2.75, 3.05) is 13.1 Å². The molecule has 0 saturated carbocycles. The van der Waals surface area contributed by atoms with E-state index in [0.717, 1.165) is 54.7 Å². The van der Waals surface area contributed by atoms with E-state index in [9.17, 15) is 9.59 Å². The van der Waals surface area contributed by atoms with Gasteiger partial charge in [-0.05, 0) is 55.2 Å². The van der Waals surface area contributed by atoms with Gasteiger partial charge < -0.3 is 4.90 Å². The Bertz CT molecular complexity index is 1110. The fourth-order valence-electron chi connectivity index (χ4n) is 4.34. The SMILES string of the molecule is CCCN(CCC)C(=O)Cn1cnc2scc(-c3ccc4c(c3)CCCC4)c2c1=O. The van der Waals surface area contributed by atoms with E-state index >= 15 is 0 Å². The molecule has 1 aromatic carbocycles. The van der Waals surface area contributed by atoms with Crippen LogP contribution in [0.4, 0.5) is 0 Å². The van der Waals surface area contributed by atoms with Gasteiger partial charge >= 0.3 is 0 Å². The molecule has 1 aliphatic rings. The third-order valence-electron chi connectivity index (χ3n) is 5.87. The Balaban J connectivity index is 1.69. The molecule has 1 aliphatic carbocycles. The smallest absolute Gasteiger partial charge is 0.263 e. The van der Waals surface area contributed by atoms with Gasteiger partial charge in [-0.2, -0.15) is 0 Å². The van der Waals surface area contributed by atoms with Crippen molar-refractivity contribution in [1.82, 2.24) is 14.5 Å². The minimum Gasteiger partial charge on any atom is -0.341 e. The number of fused-ring (bicyclic) bond motifs is 2. The third-order valence-corrected chi connectivity index (χ3v) is 6.75. The first kappa shape index (κ1) is 20.8. The topological polar surface area (TPSA) is 55.2 Å². The second-order valence-electron chi connectivity index (χ2n) is 8.08. The molecule has 5 nitrogen and oxygen atoms in total. The Morgan fingerprint density at radius 2 is 1.87 bits per heavy atom. The lowest BCUT2D eigenvalue weighted by Crippen LogP contribution is -2.37. The van der Waals surface area contributed by atoms with Crippen molar-refractivity contribution in [3.63, 3.8) is 0 Å². The Morgan fingerprint density at radius 3 is 2.60 bits per heavy atom. The molecule has 0 fully saturated rings. The van der Waals surface area contributed by atoms with E-state index in [1.807, 2.05) is 10.3 Å². The molecular formula is C24H29N3O2S. The number of rotatable bonds is 7. The molecule has 0 saturated heterocycles. The summed E-state index contributed by atoms with van der Waals surface area (Å²) >= 11 is 1.49. The maximum absolute atomic E-state index is 13.3. The number of aryl methyl sites for hydroxylation is 2. The van der Waals surface area contributed by atoms with Gasteiger partial charge in [0.15, 0.2) is 0 Å². The van der Waals surface area contributed by atoms with Crippen molar-refractivity contribution < 1.29 is 4.79 Å². The fourth-order valence-corrected chi connectivity index (χ4v) is 5.25. The highest BCUT2D eigenvalue weighted by Gasteiger charge is 2.18. The largest absolute Gasteiger partial charge is 0.341 e. The van der Waals surface area contributed by atoms with Gasteiger partial charge in [-0.15, -0.1) is 11.3 Å². The quantitative estimate of drug-likeness (QED) is 0.556. The summed E-state index contributed by atoms with van der Waals surface area (Å²) in [5.74, 6) is -0.0208. The van der Waals surface area contributed by atoms with Gasteiger partial charge in [-0.3, -0.25) is 14.2 Å². The minimum atomic E-state index is -0.129. The number of nitrogens with zero attached hydrogens (tertiary/aromatic N) is 3. The predicted octanol–water partition coefficient (Wildman–Crippen LogP) is 4.65. The summed E-state index contributed by atoms with van der Waals surface area (Å²) in [7, 11) is 0. The zero-order valence-electron chi connectivity index (χ0n) is 17.8.